The number of nitrogens with one attached hydrogen (secondary N) is 3. The molecule has 0 heterocycles. The summed E-state index contributed by atoms with van der Waals surface area (Å²) in [6, 6.07) is 26.1. The molecule has 1 atom stereocenters. The Morgan fingerprint density at radius 3 is 2.25 bits per heavy atom. The van der Waals surface area contributed by atoms with E-state index in [1.807, 2.05) is 0 Å². The van der Waals surface area contributed by atoms with Crippen molar-refractivity contribution >= 4 is 52.8 Å². The van der Waals surface area contributed by atoms with E-state index < -0.39 is 23.0 Å². The van der Waals surface area contributed by atoms with Crippen LogP contribution in [0.5, 0.6) is 11.5 Å². The van der Waals surface area contributed by atoms with E-state index in [4.69, 9.17) is 10.5 Å². The number of benzene rings is 4. The number of anilines is 2. The number of phenolic OH excluding ortho intramolecular Hbond substituents is 1. The van der Waals surface area contributed by atoms with Gasteiger partial charge in [0.1, 0.15) is 17.2 Å². The standard InChI is InChI=1S/C33H30N4O6S/c1-20(31(40)35-24-14-11-21(12-15-24)30(34)39)44-27-10-6-9-25(18-27)36-33(42)28(37-32(41)22-7-4-3-5-8-22)17-23-13-16-26(38)19-29(23)43-2/h3-20,38H,1-2H3,(H2,34,39)(H,35,40)(H,36,42)(H,37,41)/b28-17+. The number of carbonyl (C=O) groups is 4. The molecule has 0 bridgehead atoms. The summed E-state index contributed by atoms with van der Waals surface area (Å²) >= 11 is 1.28. The van der Waals surface area contributed by atoms with Gasteiger partial charge in [-0.15, -0.1) is 11.8 Å². The molecule has 4 rings (SSSR count). The lowest BCUT2D eigenvalue weighted by Crippen LogP contribution is -2.30. The summed E-state index contributed by atoms with van der Waals surface area (Å²) in [4.78, 5) is 51.2. The van der Waals surface area contributed by atoms with Gasteiger partial charge in [0.25, 0.3) is 11.8 Å². The lowest BCUT2D eigenvalue weighted by Gasteiger charge is -2.14. The second-order valence-electron chi connectivity index (χ2n) is 9.48. The van der Waals surface area contributed by atoms with Gasteiger partial charge >= 0.3 is 0 Å². The molecule has 44 heavy (non-hydrogen) atoms. The molecule has 0 fully saturated rings. The summed E-state index contributed by atoms with van der Waals surface area (Å²) in [5.74, 6) is -1.61. The first-order chi connectivity index (χ1) is 21.1. The van der Waals surface area contributed by atoms with Gasteiger partial charge in [0, 0.05) is 39.0 Å². The Bertz CT molecular complexity index is 1710. The van der Waals surface area contributed by atoms with Gasteiger partial charge in [-0.1, -0.05) is 24.3 Å². The predicted octanol–water partition coefficient (Wildman–Crippen LogP) is 5.03. The fourth-order valence-electron chi connectivity index (χ4n) is 3.98. The monoisotopic (exact) mass is 610 g/mol. The minimum absolute atomic E-state index is 0.0171. The van der Waals surface area contributed by atoms with Crippen LogP contribution in [-0.4, -0.2) is 41.1 Å². The van der Waals surface area contributed by atoms with Crippen LogP contribution in [0, 0.1) is 0 Å². The Balaban J connectivity index is 1.50. The number of nitrogens with two attached hydrogens (primary N) is 1. The van der Waals surface area contributed by atoms with Crippen molar-refractivity contribution in [1.29, 1.82) is 0 Å². The van der Waals surface area contributed by atoms with E-state index >= 15 is 0 Å². The van der Waals surface area contributed by atoms with Crippen LogP contribution in [0.25, 0.3) is 6.08 Å². The number of methoxy groups -OCH3 is 1. The van der Waals surface area contributed by atoms with E-state index in [1.165, 1.54) is 49.2 Å². The number of hydrogen-bond donors (Lipinski definition) is 5. The van der Waals surface area contributed by atoms with Crippen molar-refractivity contribution < 1.29 is 29.0 Å². The van der Waals surface area contributed by atoms with Crippen molar-refractivity contribution in [2.75, 3.05) is 17.7 Å². The third-order valence-corrected chi connectivity index (χ3v) is 7.35. The van der Waals surface area contributed by atoms with Gasteiger partial charge in [-0.05, 0) is 79.7 Å². The van der Waals surface area contributed by atoms with Crippen molar-refractivity contribution in [1.82, 2.24) is 5.32 Å². The highest BCUT2D eigenvalue weighted by atomic mass is 32.2. The predicted molar refractivity (Wildman–Crippen MR) is 171 cm³/mol. The van der Waals surface area contributed by atoms with E-state index in [2.05, 4.69) is 16.0 Å². The smallest absolute Gasteiger partial charge is 0.272 e. The molecule has 0 aliphatic rings. The number of hydrogen-bond acceptors (Lipinski definition) is 7. The molecule has 0 aromatic heterocycles. The maximum atomic E-state index is 13.5. The molecule has 0 saturated carbocycles. The quantitative estimate of drug-likeness (QED) is 0.118. The highest BCUT2D eigenvalue weighted by Gasteiger charge is 2.18. The Kier molecular flexibility index (Phi) is 10.4. The Morgan fingerprint density at radius 2 is 1.57 bits per heavy atom. The molecule has 4 aromatic carbocycles. The number of rotatable bonds is 11. The van der Waals surface area contributed by atoms with Crippen molar-refractivity contribution in [2.24, 2.45) is 5.73 Å². The molecule has 0 saturated heterocycles. The van der Waals surface area contributed by atoms with Crippen molar-refractivity contribution in [3.63, 3.8) is 0 Å². The first-order valence-corrected chi connectivity index (χ1v) is 14.2. The fraction of sp³-hybridized carbons (Fsp3) is 0.0909. The van der Waals surface area contributed by atoms with E-state index in [9.17, 15) is 24.3 Å². The third-order valence-electron chi connectivity index (χ3n) is 6.26. The fourth-order valence-corrected chi connectivity index (χ4v) is 4.91. The molecule has 0 aliphatic carbocycles. The highest BCUT2D eigenvalue weighted by molar-refractivity contribution is 8.00. The van der Waals surface area contributed by atoms with Crippen molar-refractivity contribution in [2.45, 2.75) is 17.1 Å². The van der Waals surface area contributed by atoms with E-state index in [1.54, 1.807) is 79.7 Å². The Morgan fingerprint density at radius 1 is 0.841 bits per heavy atom. The van der Waals surface area contributed by atoms with Crippen molar-refractivity contribution in [3.8, 4) is 11.5 Å². The molecule has 4 aromatic rings. The van der Waals surface area contributed by atoms with Crippen LogP contribution in [0.1, 0.15) is 33.2 Å². The molecule has 4 amide bonds. The van der Waals surface area contributed by atoms with Crippen LogP contribution in [0.4, 0.5) is 11.4 Å². The second kappa shape index (κ2) is 14.6. The number of carbonyl (C=O) groups excluding carboxylic acids is 4. The molecule has 11 heteroatoms. The van der Waals surface area contributed by atoms with Gasteiger partial charge in [-0.2, -0.15) is 0 Å². The van der Waals surface area contributed by atoms with Crippen LogP contribution >= 0.6 is 11.8 Å². The summed E-state index contributed by atoms with van der Waals surface area (Å²) in [5, 5.41) is 17.6. The number of ether oxygens (including phenoxy) is 1. The van der Waals surface area contributed by atoms with Gasteiger partial charge in [0.2, 0.25) is 11.8 Å². The minimum atomic E-state index is -0.600. The average Bonchev–Trinajstić information content (AvgIpc) is 3.02. The third kappa shape index (κ3) is 8.49. The second-order valence-corrected chi connectivity index (χ2v) is 10.9. The van der Waals surface area contributed by atoms with Crippen LogP contribution in [0.15, 0.2) is 108 Å². The molecule has 0 spiro atoms. The number of amides is 4. The summed E-state index contributed by atoms with van der Waals surface area (Å²) in [7, 11) is 1.43. The zero-order chi connectivity index (χ0) is 31.6. The molecule has 1 unspecified atom stereocenters. The largest absolute Gasteiger partial charge is 0.508 e. The first kappa shape index (κ1) is 31.4. The van der Waals surface area contributed by atoms with E-state index in [-0.39, 0.29) is 17.4 Å². The van der Waals surface area contributed by atoms with Crippen LogP contribution in [0.3, 0.4) is 0 Å². The van der Waals surface area contributed by atoms with E-state index in [0.717, 1.165) is 0 Å². The topological polar surface area (TPSA) is 160 Å². The molecule has 0 radical (unpaired) electrons. The van der Waals surface area contributed by atoms with Crippen LogP contribution in [-0.2, 0) is 9.59 Å². The Labute approximate surface area is 258 Å². The van der Waals surface area contributed by atoms with Gasteiger partial charge in [-0.3, -0.25) is 19.2 Å². The molecular weight excluding hydrogens is 580 g/mol. The summed E-state index contributed by atoms with van der Waals surface area (Å²) in [6.45, 7) is 1.74. The molecule has 0 aliphatic heterocycles. The Hall–Kier alpha value is -5.55. The van der Waals surface area contributed by atoms with Crippen LogP contribution in [0.2, 0.25) is 0 Å². The molecule has 10 nitrogen and oxygen atoms in total. The maximum absolute atomic E-state index is 13.5. The number of thioether (sulfide) groups is 1. The summed E-state index contributed by atoms with van der Waals surface area (Å²) in [6.07, 6.45) is 1.45. The molecular formula is C33H30N4O6S. The maximum Gasteiger partial charge on any atom is 0.272 e. The van der Waals surface area contributed by atoms with Gasteiger partial charge in [-0.25, -0.2) is 0 Å². The summed E-state index contributed by atoms with van der Waals surface area (Å²) < 4.78 is 5.34. The first-order valence-electron chi connectivity index (χ1n) is 13.4. The highest BCUT2D eigenvalue weighted by Crippen LogP contribution is 2.28. The van der Waals surface area contributed by atoms with Crippen LogP contribution < -0.4 is 26.4 Å². The van der Waals surface area contributed by atoms with E-state index in [0.29, 0.717) is 38.7 Å². The average molecular weight is 611 g/mol. The zero-order valence-electron chi connectivity index (χ0n) is 23.9. The zero-order valence-corrected chi connectivity index (χ0v) is 24.7. The number of primary amides is 1. The normalized spacial score (nSPS) is 11.6. The van der Waals surface area contributed by atoms with Crippen molar-refractivity contribution in [3.05, 3.63) is 119 Å². The lowest BCUT2D eigenvalue weighted by atomic mass is 10.1. The number of aromatic hydroxyl groups is 1. The number of phenols is 1. The van der Waals surface area contributed by atoms with Gasteiger partial charge in [0.15, 0.2) is 0 Å². The lowest BCUT2D eigenvalue weighted by molar-refractivity contribution is -0.115. The summed E-state index contributed by atoms with van der Waals surface area (Å²) in [5.41, 5.74) is 7.32. The SMILES string of the molecule is COc1cc(O)ccc1/C=C(/NC(=O)c1ccccc1)C(=O)Nc1cccc(SC(C)C(=O)Nc2ccc(C(N)=O)cc2)c1. The minimum Gasteiger partial charge on any atom is -0.508 e. The van der Waals surface area contributed by atoms with Gasteiger partial charge in [0.05, 0.1) is 12.4 Å². The molecule has 224 valence electrons. The molecule has 6 N–H and O–H groups in total. The van der Waals surface area contributed by atoms with Gasteiger partial charge < -0.3 is 31.5 Å².